The Balaban J connectivity index is 1.41. The molecular weight excluding hydrogens is 926 g/mol. The first kappa shape index (κ1) is 56.4. The molecule has 3 amide bonds. The summed E-state index contributed by atoms with van der Waals surface area (Å²) in [5.41, 5.74) is 0. The Hall–Kier alpha value is -2.51. The number of carbonyl (C=O) groups is 3. The SMILES string of the molecule is CCCCC(=O)N[C@@H]1OC(CO)[C@H](O[C@@H]2OC(CO)[C@H](O[C@@H]3OC(CO[C@@H]4OC(CO)[C@H](O)[C@H](O)C4O)[C@H](O)[C@H](O[C@H]4O[C@H](CO)[C@@H](O)C(O)C4O)C3O)[C@H](O)C2NC(C)=O)[C@H](O)C1NC(C)=O. The summed E-state index contributed by atoms with van der Waals surface area (Å²) in [4.78, 5) is 37.5. The Morgan fingerprint density at radius 1 is 0.456 bits per heavy atom. The second-order valence-corrected chi connectivity index (χ2v) is 17.2. The van der Waals surface area contributed by atoms with Crippen molar-refractivity contribution in [2.45, 2.75) is 193 Å². The van der Waals surface area contributed by atoms with Crippen LogP contribution in [0.5, 0.6) is 0 Å². The summed E-state index contributed by atoms with van der Waals surface area (Å²) in [5.74, 6) is -1.94. The van der Waals surface area contributed by atoms with Crippen molar-refractivity contribution in [3.8, 4) is 0 Å². The minimum Gasteiger partial charge on any atom is -0.394 e. The minimum atomic E-state index is -2.19. The molecule has 0 aromatic rings. The Kier molecular flexibility index (Phi) is 20.9. The molecule has 5 aliphatic heterocycles. The molecule has 0 radical (unpaired) electrons. The van der Waals surface area contributed by atoms with E-state index in [1.54, 1.807) is 0 Å². The maximum atomic E-state index is 12.7. The molecule has 5 fully saturated rings. The maximum Gasteiger partial charge on any atom is 0.222 e. The third-order valence-corrected chi connectivity index (χ3v) is 12.2. The summed E-state index contributed by atoms with van der Waals surface area (Å²) in [7, 11) is 0. The number of nitrogens with one attached hydrogen (secondary N) is 3. The predicted molar refractivity (Wildman–Crippen MR) is 215 cm³/mol. The van der Waals surface area contributed by atoms with Gasteiger partial charge in [-0.25, -0.2) is 0 Å². The molecule has 394 valence electrons. The van der Waals surface area contributed by atoms with Crippen molar-refractivity contribution in [2.75, 3.05) is 33.0 Å². The average Bonchev–Trinajstić information content (AvgIpc) is 3.30. The van der Waals surface area contributed by atoms with Crippen LogP contribution in [0.1, 0.15) is 40.0 Å². The Morgan fingerprint density at radius 3 is 1.44 bits per heavy atom. The van der Waals surface area contributed by atoms with E-state index in [0.717, 1.165) is 13.8 Å². The third-order valence-electron chi connectivity index (χ3n) is 12.2. The lowest BCUT2D eigenvalue weighted by atomic mass is 9.93. The van der Waals surface area contributed by atoms with Crippen LogP contribution in [0.4, 0.5) is 0 Å². The molecular formula is C39H67N3O26. The molecule has 0 bridgehead atoms. The molecule has 5 heterocycles. The maximum absolute atomic E-state index is 12.7. The molecule has 0 aromatic heterocycles. The minimum absolute atomic E-state index is 0.0764. The number of rotatable bonds is 19. The van der Waals surface area contributed by atoms with Crippen LogP contribution >= 0.6 is 0 Å². The third kappa shape index (κ3) is 12.9. The fraction of sp³-hybridized carbons (Fsp3) is 0.923. The van der Waals surface area contributed by atoms with Gasteiger partial charge in [0.15, 0.2) is 31.4 Å². The van der Waals surface area contributed by atoms with Crippen molar-refractivity contribution >= 4 is 17.7 Å². The van der Waals surface area contributed by atoms with Crippen molar-refractivity contribution in [2.24, 2.45) is 0 Å². The van der Waals surface area contributed by atoms with E-state index in [2.05, 4.69) is 16.0 Å². The first-order chi connectivity index (χ1) is 32.2. The van der Waals surface area contributed by atoms with Crippen LogP contribution in [-0.2, 0) is 57.0 Å². The van der Waals surface area contributed by atoms with Crippen molar-refractivity contribution in [1.29, 1.82) is 0 Å². The highest BCUT2D eigenvalue weighted by molar-refractivity contribution is 5.77. The van der Waals surface area contributed by atoms with Crippen molar-refractivity contribution in [3.05, 3.63) is 0 Å². The Bertz CT molecular complexity index is 1610. The van der Waals surface area contributed by atoms with E-state index in [1.807, 2.05) is 6.92 Å². The molecule has 5 rings (SSSR count). The molecule has 17 N–H and O–H groups in total. The summed E-state index contributed by atoms with van der Waals surface area (Å²) in [5, 5.41) is 157. The van der Waals surface area contributed by atoms with Gasteiger partial charge in [0.05, 0.1) is 33.0 Å². The second-order valence-electron chi connectivity index (χ2n) is 17.2. The smallest absolute Gasteiger partial charge is 0.222 e. The van der Waals surface area contributed by atoms with Crippen molar-refractivity contribution < 1.29 is 129 Å². The van der Waals surface area contributed by atoms with E-state index in [1.165, 1.54) is 0 Å². The van der Waals surface area contributed by atoms with Crippen LogP contribution in [0.15, 0.2) is 0 Å². The molecule has 25 atom stereocenters. The molecule has 5 aliphatic rings. The normalized spacial score (nSPS) is 45.6. The van der Waals surface area contributed by atoms with Gasteiger partial charge >= 0.3 is 0 Å². The van der Waals surface area contributed by atoms with E-state index >= 15 is 0 Å². The van der Waals surface area contributed by atoms with E-state index in [9.17, 15) is 85.9 Å². The summed E-state index contributed by atoms with van der Waals surface area (Å²) in [6.45, 7) is -0.399. The highest BCUT2D eigenvalue weighted by atomic mass is 16.8. The molecule has 0 saturated carbocycles. The Morgan fingerprint density at radius 2 is 0.897 bits per heavy atom. The lowest BCUT2D eigenvalue weighted by Gasteiger charge is -2.50. The van der Waals surface area contributed by atoms with Gasteiger partial charge in [0.2, 0.25) is 17.7 Å². The summed E-state index contributed by atoms with van der Waals surface area (Å²) >= 11 is 0. The van der Waals surface area contributed by atoms with E-state index in [4.69, 9.17) is 42.6 Å². The quantitative estimate of drug-likeness (QED) is 0.0571. The zero-order valence-corrected chi connectivity index (χ0v) is 37.3. The topological polar surface area (TPSA) is 454 Å². The van der Waals surface area contributed by atoms with E-state index in [-0.39, 0.29) is 6.42 Å². The number of amides is 3. The zero-order chi connectivity index (χ0) is 50.3. The van der Waals surface area contributed by atoms with Gasteiger partial charge in [-0.3, -0.25) is 14.4 Å². The Labute approximate surface area is 388 Å². The van der Waals surface area contributed by atoms with Gasteiger partial charge in [0.1, 0.15) is 122 Å². The fourth-order valence-electron chi connectivity index (χ4n) is 8.45. The molecule has 29 nitrogen and oxygen atoms in total. The first-order valence-corrected chi connectivity index (χ1v) is 22.1. The highest BCUT2D eigenvalue weighted by Gasteiger charge is 2.56. The largest absolute Gasteiger partial charge is 0.394 e. The number of aliphatic hydroxyl groups is 14. The van der Waals surface area contributed by atoms with Gasteiger partial charge < -0.3 is 130 Å². The van der Waals surface area contributed by atoms with Crippen molar-refractivity contribution in [3.63, 3.8) is 0 Å². The van der Waals surface area contributed by atoms with Gasteiger partial charge in [-0.1, -0.05) is 13.3 Å². The van der Waals surface area contributed by atoms with Crippen LogP contribution in [0.2, 0.25) is 0 Å². The number of ether oxygens (including phenoxy) is 9. The van der Waals surface area contributed by atoms with Crippen molar-refractivity contribution in [1.82, 2.24) is 16.0 Å². The number of hydrogen-bond acceptors (Lipinski definition) is 26. The number of aliphatic hydroxyl groups excluding tert-OH is 14. The predicted octanol–water partition coefficient (Wildman–Crippen LogP) is -10.3. The molecule has 0 aliphatic carbocycles. The van der Waals surface area contributed by atoms with Crippen LogP contribution < -0.4 is 16.0 Å². The molecule has 68 heavy (non-hydrogen) atoms. The molecule has 5 saturated heterocycles. The standard InChI is InChI=1S/C39H67N3O26/c1-4-5-6-19(49)42-35-20(40-12(2)47)25(53)32(16(9-45)61-35)66-36-21(41-13(3)48)26(54)33(17(10-46)64-36)67-39-31(59)34(68-38-30(58)28(56)23(51)15(8-44)63-38)24(52)18(65-39)11-60-37-29(57)27(55)22(50)14(7-43)62-37/h14-18,20-39,43-46,50-59H,4-11H2,1-3H3,(H,40,47)(H,41,48)(H,42,49)/t14?,15-,16?,17?,18?,20?,21?,22+,23-,24+,25-,26-,27+,28?,29?,30?,31?,32+,33+,34+,35-,36+,37-,38-,39+/m1/s1. The lowest BCUT2D eigenvalue weighted by molar-refractivity contribution is -0.383. The van der Waals surface area contributed by atoms with Gasteiger partial charge in [-0.15, -0.1) is 0 Å². The summed E-state index contributed by atoms with van der Waals surface area (Å²) in [6.07, 6.45) is -40.7. The number of carbonyl (C=O) groups excluding carboxylic acids is 3. The molecule has 10 unspecified atom stereocenters. The summed E-state index contributed by atoms with van der Waals surface area (Å²) in [6, 6.07) is -3.09. The van der Waals surface area contributed by atoms with Gasteiger partial charge in [0.25, 0.3) is 0 Å². The first-order valence-electron chi connectivity index (χ1n) is 22.1. The average molecular weight is 994 g/mol. The second kappa shape index (κ2) is 25.2. The van der Waals surface area contributed by atoms with Gasteiger partial charge in [-0.2, -0.15) is 0 Å². The van der Waals surface area contributed by atoms with Gasteiger partial charge in [-0.05, 0) is 6.42 Å². The number of hydrogen-bond donors (Lipinski definition) is 17. The monoisotopic (exact) mass is 993 g/mol. The van der Waals surface area contributed by atoms with Crippen LogP contribution in [0.3, 0.4) is 0 Å². The fourth-order valence-corrected chi connectivity index (χ4v) is 8.45. The van der Waals surface area contributed by atoms with E-state index in [0.29, 0.717) is 12.8 Å². The van der Waals surface area contributed by atoms with Crippen LogP contribution in [0, 0.1) is 0 Å². The molecule has 0 aromatic carbocycles. The summed E-state index contributed by atoms with van der Waals surface area (Å²) < 4.78 is 51.9. The molecule has 0 spiro atoms. The van der Waals surface area contributed by atoms with E-state index < -0.39 is 204 Å². The molecule has 29 heteroatoms. The van der Waals surface area contributed by atoms with Gasteiger partial charge in [0, 0.05) is 20.3 Å². The number of unbranched alkanes of at least 4 members (excludes halogenated alkanes) is 1. The lowest BCUT2D eigenvalue weighted by Crippen LogP contribution is -2.71. The zero-order valence-electron chi connectivity index (χ0n) is 37.3. The highest BCUT2D eigenvalue weighted by Crippen LogP contribution is 2.35. The van der Waals surface area contributed by atoms with Crippen LogP contribution in [-0.4, -0.2) is 276 Å². The van der Waals surface area contributed by atoms with Crippen LogP contribution in [0.25, 0.3) is 0 Å².